The smallest absolute Gasteiger partial charge is 0.120 e. The van der Waals surface area contributed by atoms with E-state index in [9.17, 15) is 0 Å². The molecule has 2 aliphatic rings. The van der Waals surface area contributed by atoms with Gasteiger partial charge in [-0.15, -0.1) is 0 Å². The highest BCUT2D eigenvalue weighted by Crippen LogP contribution is 2.35. The van der Waals surface area contributed by atoms with E-state index in [0.29, 0.717) is 13.2 Å². The maximum Gasteiger partial charge on any atom is 0.120 e. The maximum absolute atomic E-state index is 5.73. The first kappa shape index (κ1) is 19.1. The summed E-state index contributed by atoms with van der Waals surface area (Å²) in [6.07, 6.45) is 0.473. The highest BCUT2D eigenvalue weighted by atomic mass is 79.9. The molecule has 0 bridgehead atoms. The van der Waals surface area contributed by atoms with E-state index < -0.39 is 0 Å². The second kappa shape index (κ2) is 8.10. The van der Waals surface area contributed by atoms with Crippen LogP contribution in [0.4, 0.5) is 0 Å². The third-order valence-electron chi connectivity index (χ3n) is 4.70. The number of nitrogens with zero attached hydrogens (tertiary/aromatic N) is 1. The van der Waals surface area contributed by atoms with Crippen LogP contribution in [0.5, 0.6) is 11.5 Å². The van der Waals surface area contributed by atoms with Crippen LogP contribution in [0.2, 0.25) is 0 Å². The molecule has 3 aromatic rings. The Balaban J connectivity index is 1.32. The van der Waals surface area contributed by atoms with E-state index in [2.05, 4.69) is 42.1 Å². The first-order chi connectivity index (χ1) is 14.2. The Kier molecular flexibility index (Phi) is 5.34. The second-order valence-electron chi connectivity index (χ2n) is 6.98. The predicted octanol–water partition coefficient (Wildman–Crippen LogP) is 4.82. The van der Waals surface area contributed by atoms with Crippen LogP contribution in [0, 0.1) is 0 Å². The largest absolute Gasteiger partial charge is 0.491 e. The van der Waals surface area contributed by atoms with E-state index in [-0.39, 0.29) is 12.2 Å². The zero-order valence-corrected chi connectivity index (χ0v) is 18.5. The molecule has 8 heteroatoms. The van der Waals surface area contributed by atoms with E-state index in [1.165, 1.54) is 0 Å². The van der Waals surface area contributed by atoms with E-state index in [4.69, 9.17) is 18.9 Å². The highest BCUT2D eigenvalue weighted by molar-refractivity contribution is 9.11. The molecule has 150 valence electrons. The second-order valence-corrected chi connectivity index (χ2v) is 8.69. The molecule has 1 aromatic heterocycles. The lowest BCUT2D eigenvalue weighted by Gasteiger charge is -2.07. The van der Waals surface area contributed by atoms with Gasteiger partial charge in [-0.2, -0.15) is 5.10 Å². The molecule has 0 spiro atoms. The molecule has 3 heterocycles. The summed E-state index contributed by atoms with van der Waals surface area (Å²) in [4.78, 5) is 0. The number of aromatic nitrogens is 2. The van der Waals surface area contributed by atoms with Crippen molar-refractivity contribution in [1.29, 1.82) is 0 Å². The average molecular weight is 522 g/mol. The number of benzene rings is 2. The first-order valence-corrected chi connectivity index (χ1v) is 10.9. The topological polar surface area (TPSA) is 72.2 Å². The number of epoxide rings is 2. The van der Waals surface area contributed by atoms with Crippen LogP contribution in [-0.4, -0.2) is 48.8 Å². The van der Waals surface area contributed by atoms with Crippen molar-refractivity contribution in [2.45, 2.75) is 12.2 Å². The summed E-state index contributed by atoms with van der Waals surface area (Å²) in [7, 11) is 0. The first-order valence-electron chi connectivity index (χ1n) is 9.30. The van der Waals surface area contributed by atoms with Crippen molar-refractivity contribution in [3.63, 3.8) is 0 Å². The lowest BCUT2D eigenvalue weighted by Crippen LogP contribution is -2.03. The van der Waals surface area contributed by atoms with Gasteiger partial charge >= 0.3 is 0 Å². The van der Waals surface area contributed by atoms with Gasteiger partial charge in [0.05, 0.1) is 24.6 Å². The molecular formula is C21H18Br2N2O4. The highest BCUT2D eigenvalue weighted by Gasteiger charge is 2.24. The summed E-state index contributed by atoms with van der Waals surface area (Å²) in [6.45, 7) is 2.74. The van der Waals surface area contributed by atoms with Crippen molar-refractivity contribution in [1.82, 2.24) is 10.2 Å². The van der Waals surface area contributed by atoms with Crippen LogP contribution in [0.3, 0.4) is 0 Å². The van der Waals surface area contributed by atoms with Gasteiger partial charge in [0.25, 0.3) is 0 Å². The van der Waals surface area contributed by atoms with Gasteiger partial charge in [-0.05, 0) is 74.3 Å². The number of halogens is 2. The molecule has 6 nitrogen and oxygen atoms in total. The van der Waals surface area contributed by atoms with Gasteiger partial charge in [0.15, 0.2) is 0 Å². The Hall–Kier alpha value is -1.87. The van der Waals surface area contributed by atoms with Gasteiger partial charge < -0.3 is 18.9 Å². The zero-order chi connectivity index (χ0) is 19.8. The van der Waals surface area contributed by atoms with Crippen LogP contribution < -0.4 is 9.47 Å². The molecular weight excluding hydrogens is 504 g/mol. The predicted molar refractivity (Wildman–Crippen MR) is 115 cm³/mol. The van der Waals surface area contributed by atoms with Gasteiger partial charge in [-0.3, -0.25) is 5.10 Å². The van der Waals surface area contributed by atoms with E-state index >= 15 is 0 Å². The summed E-state index contributed by atoms with van der Waals surface area (Å²) < 4.78 is 23.7. The number of hydrogen-bond donors (Lipinski definition) is 1. The minimum absolute atomic E-state index is 0.236. The Morgan fingerprint density at radius 3 is 1.93 bits per heavy atom. The van der Waals surface area contributed by atoms with Gasteiger partial charge in [0.2, 0.25) is 0 Å². The van der Waals surface area contributed by atoms with Gasteiger partial charge in [0, 0.05) is 20.1 Å². The monoisotopic (exact) mass is 520 g/mol. The Morgan fingerprint density at radius 1 is 0.862 bits per heavy atom. The van der Waals surface area contributed by atoms with Crippen molar-refractivity contribution in [2.75, 3.05) is 26.4 Å². The fraction of sp³-hybridized carbons (Fsp3) is 0.286. The molecule has 2 saturated heterocycles. The van der Waals surface area contributed by atoms with Crippen LogP contribution in [0.25, 0.3) is 22.5 Å². The van der Waals surface area contributed by atoms with E-state index in [1.807, 2.05) is 42.5 Å². The fourth-order valence-corrected chi connectivity index (χ4v) is 4.03. The molecule has 2 unspecified atom stereocenters. The van der Waals surface area contributed by atoms with Crippen LogP contribution in [0.15, 0.2) is 51.4 Å². The molecule has 0 radical (unpaired) electrons. The number of aromatic amines is 1. The zero-order valence-electron chi connectivity index (χ0n) is 15.4. The third-order valence-corrected chi connectivity index (χ3v) is 6.01. The number of nitrogens with one attached hydrogen (secondary N) is 1. The molecule has 1 N–H and O–H groups in total. The Labute approximate surface area is 184 Å². The molecule has 0 aliphatic carbocycles. The number of rotatable bonds is 8. The fourth-order valence-electron chi connectivity index (χ4n) is 2.90. The standard InChI is InChI=1S/C21H18Br2N2O4/c22-18-5-12(26-8-14-10-28-14)1-3-16(18)20-7-21(25-24-20)17-4-2-13(6-19(17)23)27-9-15-11-29-15/h1-7,14-15H,8-11H2,(H,24,25). The molecule has 0 amide bonds. The van der Waals surface area contributed by atoms with Crippen LogP contribution >= 0.6 is 31.9 Å². The minimum Gasteiger partial charge on any atom is -0.491 e. The minimum atomic E-state index is 0.236. The maximum atomic E-state index is 5.73. The number of H-pyrrole nitrogens is 1. The summed E-state index contributed by atoms with van der Waals surface area (Å²) in [6, 6.07) is 13.9. The molecule has 2 atom stereocenters. The molecule has 5 rings (SSSR count). The van der Waals surface area contributed by atoms with Crippen molar-refractivity contribution in [3.05, 3.63) is 51.4 Å². The molecule has 29 heavy (non-hydrogen) atoms. The lowest BCUT2D eigenvalue weighted by atomic mass is 10.1. The van der Waals surface area contributed by atoms with Crippen molar-refractivity contribution in [3.8, 4) is 34.0 Å². The van der Waals surface area contributed by atoms with Gasteiger partial charge in [-0.25, -0.2) is 0 Å². The van der Waals surface area contributed by atoms with Crippen molar-refractivity contribution >= 4 is 31.9 Å². The number of hydrogen-bond acceptors (Lipinski definition) is 5. The Bertz CT molecular complexity index is 951. The van der Waals surface area contributed by atoms with E-state index in [1.54, 1.807) is 0 Å². The normalized spacial score (nSPS) is 19.8. The molecule has 2 aliphatic heterocycles. The molecule has 2 aromatic carbocycles. The lowest BCUT2D eigenvalue weighted by molar-refractivity contribution is 0.263. The van der Waals surface area contributed by atoms with Gasteiger partial charge in [0.1, 0.15) is 36.9 Å². The summed E-state index contributed by atoms with van der Waals surface area (Å²) in [5, 5.41) is 7.61. The third kappa shape index (κ3) is 4.66. The number of ether oxygens (including phenoxy) is 4. The Morgan fingerprint density at radius 2 is 1.41 bits per heavy atom. The van der Waals surface area contributed by atoms with Crippen LogP contribution in [-0.2, 0) is 9.47 Å². The van der Waals surface area contributed by atoms with Crippen molar-refractivity contribution in [2.24, 2.45) is 0 Å². The van der Waals surface area contributed by atoms with Gasteiger partial charge in [-0.1, -0.05) is 0 Å². The van der Waals surface area contributed by atoms with Crippen molar-refractivity contribution < 1.29 is 18.9 Å². The summed E-state index contributed by atoms with van der Waals surface area (Å²) in [5.74, 6) is 1.62. The molecule has 2 fully saturated rings. The van der Waals surface area contributed by atoms with E-state index in [0.717, 1.165) is 56.2 Å². The quantitative estimate of drug-likeness (QED) is 0.430. The van der Waals surface area contributed by atoms with Crippen LogP contribution in [0.1, 0.15) is 0 Å². The molecule has 0 saturated carbocycles. The summed E-state index contributed by atoms with van der Waals surface area (Å²) in [5.41, 5.74) is 3.77. The SMILES string of the molecule is Brc1cc(OCC2CO2)ccc1-c1cc(-c2ccc(OCC3CO3)cc2Br)[nH]n1. The average Bonchev–Trinajstić information content (AvgIpc) is 3.64. The summed E-state index contributed by atoms with van der Waals surface area (Å²) >= 11 is 7.26.